The molecule has 3 aromatic rings. The molecule has 0 saturated heterocycles. The van der Waals surface area contributed by atoms with Crippen LogP contribution in [0.25, 0.3) is 10.2 Å². The van der Waals surface area contributed by atoms with Gasteiger partial charge in [0.05, 0.1) is 15.2 Å². The third-order valence-corrected chi connectivity index (χ3v) is 4.76. The standard InChI is InChI=1S/C14H14N4OS2/c1-9-17-18-14(20-9)16-12(19)7-4-8-13-15-10-5-2-3-6-11(10)21-13/h2-3,5-6H,4,7-8H2,1H3,(H,16,18,19). The molecule has 0 spiro atoms. The van der Waals surface area contributed by atoms with E-state index in [0.29, 0.717) is 11.6 Å². The van der Waals surface area contributed by atoms with Crippen molar-refractivity contribution in [1.82, 2.24) is 15.2 Å². The minimum Gasteiger partial charge on any atom is -0.301 e. The predicted octanol–water partition coefficient (Wildman–Crippen LogP) is 3.42. The molecule has 0 aliphatic rings. The number of thiazole rings is 1. The number of carbonyl (C=O) groups is 1. The SMILES string of the molecule is Cc1nnc(NC(=O)CCCc2nc3ccccc3s2)s1. The number of anilines is 1. The number of aryl methyl sites for hydroxylation is 2. The Morgan fingerprint density at radius 1 is 1.24 bits per heavy atom. The van der Waals surface area contributed by atoms with E-state index in [4.69, 9.17) is 0 Å². The van der Waals surface area contributed by atoms with Crippen LogP contribution in [0.4, 0.5) is 5.13 Å². The molecule has 1 amide bonds. The predicted molar refractivity (Wildman–Crippen MR) is 85.8 cm³/mol. The van der Waals surface area contributed by atoms with Crippen molar-refractivity contribution in [2.75, 3.05) is 5.32 Å². The lowest BCUT2D eigenvalue weighted by molar-refractivity contribution is -0.116. The number of carbonyl (C=O) groups excluding carboxylic acids is 1. The number of para-hydroxylation sites is 1. The zero-order valence-corrected chi connectivity index (χ0v) is 13.1. The molecule has 3 rings (SSSR count). The highest BCUT2D eigenvalue weighted by Crippen LogP contribution is 2.22. The molecule has 1 N–H and O–H groups in total. The lowest BCUT2D eigenvalue weighted by Gasteiger charge is -1.99. The van der Waals surface area contributed by atoms with E-state index in [9.17, 15) is 4.79 Å². The van der Waals surface area contributed by atoms with E-state index in [1.54, 1.807) is 11.3 Å². The molecule has 2 heterocycles. The smallest absolute Gasteiger partial charge is 0.226 e. The number of benzene rings is 1. The van der Waals surface area contributed by atoms with Crippen molar-refractivity contribution in [3.8, 4) is 0 Å². The van der Waals surface area contributed by atoms with Gasteiger partial charge in [-0.05, 0) is 31.9 Å². The van der Waals surface area contributed by atoms with Crippen LogP contribution in [0, 0.1) is 6.92 Å². The molecule has 0 radical (unpaired) electrons. The summed E-state index contributed by atoms with van der Waals surface area (Å²) in [5.41, 5.74) is 1.03. The number of hydrogen-bond acceptors (Lipinski definition) is 6. The van der Waals surface area contributed by atoms with Crippen molar-refractivity contribution < 1.29 is 4.79 Å². The molecule has 0 aliphatic carbocycles. The molecule has 7 heteroatoms. The fourth-order valence-electron chi connectivity index (χ4n) is 1.96. The maximum atomic E-state index is 11.8. The Bertz CT molecular complexity index is 732. The van der Waals surface area contributed by atoms with E-state index in [1.807, 2.05) is 25.1 Å². The average molecular weight is 318 g/mol. The summed E-state index contributed by atoms with van der Waals surface area (Å²) in [4.78, 5) is 16.4. The van der Waals surface area contributed by atoms with Crippen molar-refractivity contribution in [2.45, 2.75) is 26.2 Å². The van der Waals surface area contributed by atoms with E-state index < -0.39 is 0 Å². The number of rotatable bonds is 5. The number of hydrogen-bond donors (Lipinski definition) is 1. The largest absolute Gasteiger partial charge is 0.301 e. The summed E-state index contributed by atoms with van der Waals surface area (Å²) in [6.07, 6.45) is 2.07. The van der Waals surface area contributed by atoms with E-state index in [2.05, 4.69) is 26.6 Å². The molecule has 21 heavy (non-hydrogen) atoms. The summed E-state index contributed by atoms with van der Waals surface area (Å²) in [6, 6.07) is 8.09. The van der Waals surface area contributed by atoms with Crippen LogP contribution in [0.5, 0.6) is 0 Å². The van der Waals surface area contributed by atoms with Crippen molar-refractivity contribution in [3.05, 3.63) is 34.3 Å². The van der Waals surface area contributed by atoms with Crippen LogP contribution in [-0.4, -0.2) is 21.1 Å². The summed E-state index contributed by atoms with van der Waals surface area (Å²) < 4.78 is 1.20. The Balaban J connectivity index is 1.50. The molecular formula is C14H14N4OS2. The number of aromatic nitrogens is 3. The van der Waals surface area contributed by atoms with Gasteiger partial charge in [-0.2, -0.15) is 0 Å². The third-order valence-electron chi connectivity index (χ3n) is 2.91. The summed E-state index contributed by atoms with van der Waals surface area (Å²) in [5.74, 6) is -0.0211. The van der Waals surface area contributed by atoms with Gasteiger partial charge < -0.3 is 5.32 Å². The van der Waals surface area contributed by atoms with Crippen LogP contribution < -0.4 is 5.32 Å². The average Bonchev–Trinajstić information content (AvgIpc) is 3.04. The Labute approximate surface area is 130 Å². The van der Waals surface area contributed by atoms with E-state index in [-0.39, 0.29) is 5.91 Å². The maximum absolute atomic E-state index is 11.8. The van der Waals surface area contributed by atoms with E-state index in [1.165, 1.54) is 16.0 Å². The summed E-state index contributed by atoms with van der Waals surface area (Å²) in [6.45, 7) is 1.86. The summed E-state index contributed by atoms with van der Waals surface area (Å²) in [7, 11) is 0. The van der Waals surface area contributed by atoms with Gasteiger partial charge in [0.15, 0.2) is 0 Å². The minimum atomic E-state index is -0.0211. The molecule has 5 nitrogen and oxygen atoms in total. The van der Waals surface area contributed by atoms with Crippen LogP contribution in [-0.2, 0) is 11.2 Å². The Hall–Kier alpha value is -1.86. The van der Waals surface area contributed by atoms with Crippen molar-refractivity contribution in [3.63, 3.8) is 0 Å². The van der Waals surface area contributed by atoms with Gasteiger partial charge in [0.25, 0.3) is 0 Å². The van der Waals surface area contributed by atoms with Crippen LogP contribution in [0.15, 0.2) is 24.3 Å². The van der Waals surface area contributed by atoms with Gasteiger partial charge >= 0.3 is 0 Å². The highest BCUT2D eigenvalue weighted by molar-refractivity contribution is 7.18. The fraction of sp³-hybridized carbons (Fsp3) is 0.286. The van der Waals surface area contributed by atoms with Crippen LogP contribution in [0.1, 0.15) is 22.9 Å². The van der Waals surface area contributed by atoms with Gasteiger partial charge in [-0.15, -0.1) is 21.5 Å². The molecule has 0 bridgehead atoms. The molecule has 1 aromatic carbocycles. The number of nitrogens with zero attached hydrogens (tertiary/aromatic N) is 3. The quantitative estimate of drug-likeness (QED) is 0.782. The van der Waals surface area contributed by atoms with Crippen LogP contribution in [0.3, 0.4) is 0 Å². The zero-order valence-electron chi connectivity index (χ0n) is 11.5. The van der Waals surface area contributed by atoms with Gasteiger partial charge in [0.1, 0.15) is 5.01 Å². The second kappa shape index (κ2) is 6.28. The van der Waals surface area contributed by atoms with Crippen molar-refractivity contribution in [1.29, 1.82) is 0 Å². The Morgan fingerprint density at radius 3 is 2.86 bits per heavy atom. The highest BCUT2D eigenvalue weighted by Gasteiger charge is 2.08. The first-order chi connectivity index (χ1) is 10.2. The van der Waals surface area contributed by atoms with E-state index >= 15 is 0 Å². The fourth-order valence-corrected chi connectivity index (χ4v) is 3.57. The summed E-state index contributed by atoms with van der Waals surface area (Å²) in [5, 5.41) is 13.0. The van der Waals surface area contributed by atoms with E-state index in [0.717, 1.165) is 28.4 Å². The molecular weight excluding hydrogens is 304 g/mol. The first kappa shape index (κ1) is 14.1. The second-order valence-electron chi connectivity index (χ2n) is 4.60. The minimum absolute atomic E-state index is 0.0211. The highest BCUT2D eigenvalue weighted by atomic mass is 32.1. The first-order valence-electron chi connectivity index (χ1n) is 6.65. The zero-order chi connectivity index (χ0) is 14.7. The van der Waals surface area contributed by atoms with Gasteiger partial charge in [-0.3, -0.25) is 4.79 Å². The van der Waals surface area contributed by atoms with Gasteiger partial charge in [0, 0.05) is 6.42 Å². The lowest BCUT2D eigenvalue weighted by Crippen LogP contribution is -2.11. The molecule has 0 unspecified atom stereocenters. The molecule has 0 atom stereocenters. The molecule has 2 aromatic heterocycles. The second-order valence-corrected chi connectivity index (χ2v) is 6.90. The third kappa shape index (κ3) is 3.62. The van der Waals surface area contributed by atoms with Crippen LogP contribution >= 0.6 is 22.7 Å². The summed E-state index contributed by atoms with van der Waals surface area (Å²) >= 11 is 3.08. The van der Waals surface area contributed by atoms with Gasteiger partial charge in [0.2, 0.25) is 11.0 Å². The lowest BCUT2D eigenvalue weighted by atomic mass is 10.2. The van der Waals surface area contributed by atoms with Crippen molar-refractivity contribution in [2.24, 2.45) is 0 Å². The van der Waals surface area contributed by atoms with Crippen molar-refractivity contribution >= 4 is 43.9 Å². The topological polar surface area (TPSA) is 67.8 Å². The normalized spacial score (nSPS) is 10.9. The molecule has 0 saturated carbocycles. The Morgan fingerprint density at radius 2 is 2.10 bits per heavy atom. The molecule has 0 aliphatic heterocycles. The Kier molecular flexibility index (Phi) is 4.21. The number of nitrogens with one attached hydrogen (secondary N) is 1. The van der Waals surface area contributed by atoms with Gasteiger partial charge in [-0.25, -0.2) is 4.98 Å². The molecule has 0 fully saturated rings. The monoisotopic (exact) mass is 318 g/mol. The molecule has 108 valence electrons. The van der Waals surface area contributed by atoms with Gasteiger partial charge in [-0.1, -0.05) is 23.5 Å². The number of fused-ring (bicyclic) bond motifs is 1. The number of amides is 1. The first-order valence-corrected chi connectivity index (χ1v) is 8.28. The van der Waals surface area contributed by atoms with Crippen LogP contribution in [0.2, 0.25) is 0 Å². The maximum Gasteiger partial charge on any atom is 0.226 e.